The van der Waals surface area contributed by atoms with E-state index >= 15 is 0 Å². The van der Waals surface area contributed by atoms with Crippen molar-refractivity contribution in [2.24, 2.45) is 0 Å². The first-order valence-electron chi connectivity index (χ1n) is 10.2. The van der Waals surface area contributed by atoms with Gasteiger partial charge in [0.15, 0.2) is 11.5 Å². The molecule has 0 N–H and O–H groups in total. The van der Waals surface area contributed by atoms with E-state index in [9.17, 15) is 9.59 Å². The van der Waals surface area contributed by atoms with Crippen LogP contribution in [0, 0.1) is 0 Å². The maximum absolute atomic E-state index is 13.3. The number of rotatable bonds is 5. The molecule has 1 fully saturated rings. The molecule has 4 rings (SSSR count). The van der Waals surface area contributed by atoms with Crippen molar-refractivity contribution >= 4 is 29.3 Å². The SMILES string of the molecule is COc1ccc([C@@H]2CC(=O)N(CC(=O)N3CCOCC3)c3ccccc3S2)cc1OC. The maximum Gasteiger partial charge on any atom is 0.242 e. The second kappa shape index (κ2) is 9.62. The van der Waals surface area contributed by atoms with E-state index in [2.05, 4.69) is 0 Å². The average molecular weight is 443 g/mol. The molecule has 1 atom stereocenters. The fourth-order valence-electron chi connectivity index (χ4n) is 3.84. The number of hydrogen-bond acceptors (Lipinski definition) is 6. The smallest absolute Gasteiger partial charge is 0.242 e. The summed E-state index contributed by atoms with van der Waals surface area (Å²) in [4.78, 5) is 30.6. The van der Waals surface area contributed by atoms with Crippen LogP contribution in [-0.4, -0.2) is 63.8 Å². The molecule has 2 aromatic carbocycles. The van der Waals surface area contributed by atoms with Crippen LogP contribution in [0.3, 0.4) is 0 Å². The number of nitrogens with zero attached hydrogens (tertiary/aromatic N) is 2. The summed E-state index contributed by atoms with van der Waals surface area (Å²) < 4.78 is 16.1. The third-order valence-electron chi connectivity index (χ3n) is 5.52. The van der Waals surface area contributed by atoms with Gasteiger partial charge in [-0.2, -0.15) is 0 Å². The summed E-state index contributed by atoms with van der Waals surface area (Å²) in [6, 6.07) is 13.5. The first kappa shape index (κ1) is 21.5. The highest BCUT2D eigenvalue weighted by molar-refractivity contribution is 7.99. The number of carbonyl (C=O) groups excluding carboxylic acids is 2. The molecule has 2 aliphatic rings. The van der Waals surface area contributed by atoms with Gasteiger partial charge in [0.25, 0.3) is 0 Å². The third kappa shape index (κ3) is 4.65. The topological polar surface area (TPSA) is 68.3 Å². The van der Waals surface area contributed by atoms with E-state index in [1.165, 1.54) is 0 Å². The zero-order chi connectivity index (χ0) is 21.8. The van der Waals surface area contributed by atoms with E-state index in [4.69, 9.17) is 14.2 Å². The van der Waals surface area contributed by atoms with Gasteiger partial charge in [0, 0.05) is 29.7 Å². The number of thioether (sulfide) groups is 1. The van der Waals surface area contributed by atoms with Crippen LogP contribution in [0.4, 0.5) is 5.69 Å². The number of ether oxygens (including phenoxy) is 3. The number of anilines is 1. The van der Waals surface area contributed by atoms with Crippen LogP contribution in [-0.2, 0) is 14.3 Å². The lowest BCUT2D eigenvalue weighted by Crippen LogP contribution is -2.47. The summed E-state index contributed by atoms with van der Waals surface area (Å²) in [5.41, 5.74) is 1.76. The Morgan fingerprint density at radius 1 is 1.10 bits per heavy atom. The van der Waals surface area contributed by atoms with Crippen LogP contribution in [0.1, 0.15) is 17.2 Å². The molecule has 0 unspecified atom stereocenters. The van der Waals surface area contributed by atoms with Crippen molar-refractivity contribution in [3.05, 3.63) is 48.0 Å². The highest BCUT2D eigenvalue weighted by Gasteiger charge is 2.32. The summed E-state index contributed by atoms with van der Waals surface area (Å²) in [6.07, 6.45) is 0.283. The third-order valence-corrected chi connectivity index (χ3v) is 6.85. The standard InChI is InChI=1S/C23H26N2O5S/c1-28-18-8-7-16(13-19(18)29-2)21-14-22(26)25(17-5-3-4-6-20(17)31-21)15-23(27)24-9-11-30-12-10-24/h3-8,13,21H,9-12,14-15H2,1-2H3/t21-/m0/s1. The van der Waals surface area contributed by atoms with E-state index in [1.54, 1.807) is 35.8 Å². The minimum absolute atomic E-state index is 0.0368. The van der Waals surface area contributed by atoms with Gasteiger partial charge in [-0.25, -0.2) is 0 Å². The molecule has 2 aromatic rings. The Morgan fingerprint density at radius 3 is 2.58 bits per heavy atom. The van der Waals surface area contributed by atoms with Crippen LogP contribution >= 0.6 is 11.8 Å². The van der Waals surface area contributed by atoms with E-state index < -0.39 is 0 Å². The molecule has 2 amide bonds. The zero-order valence-electron chi connectivity index (χ0n) is 17.7. The van der Waals surface area contributed by atoms with Crippen molar-refractivity contribution in [3.8, 4) is 11.5 Å². The van der Waals surface area contributed by atoms with Gasteiger partial charge in [-0.05, 0) is 29.8 Å². The van der Waals surface area contributed by atoms with Gasteiger partial charge >= 0.3 is 0 Å². The minimum Gasteiger partial charge on any atom is -0.493 e. The summed E-state index contributed by atoms with van der Waals surface area (Å²) in [5.74, 6) is 1.15. The number of methoxy groups -OCH3 is 2. The molecule has 1 saturated heterocycles. The van der Waals surface area contributed by atoms with Gasteiger partial charge in [0.05, 0.1) is 33.1 Å². The van der Waals surface area contributed by atoms with E-state index in [-0.39, 0.29) is 30.0 Å². The molecule has 0 aliphatic carbocycles. The molecule has 0 spiro atoms. The summed E-state index contributed by atoms with van der Waals surface area (Å²) in [5, 5.41) is -0.100. The lowest BCUT2D eigenvalue weighted by molar-refractivity contribution is -0.135. The molecule has 0 saturated carbocycles. The van der Waals surface area contributed by atoms with Gasteiger partial charge in [-0.3, -0.25) is 9.59 Å². The van der Waals surface area contributed by atoms with Gasteiger partial charge < -0.3 is 24.0 Å². The lowest BCUT2D eigenvalue weighted by Gasteiger charge is -2.30. The summed E-state index contributed by atoms with van der Waals surface area (Å²) in [6.45, 7) is 2.23. The molecule has 31 heavy (non-hydrogen) atoms. The second-order valence-electron chi connectivity index (χ2n) is 7.37. The predicted molar refractivity (Wildman–Crippen MR) is 119 cm³/mol. The molecule has 164 valence electrons. The van der Waals surface area contributed by atoms with E-state index in [0.717, 1.165) is 16.1 Å². The minimum atomic E-state index is -0.100. The van der Waals surface area contributed by atoms with Crippen LogP contribution in [0.2, 0.25) is 0 Å². The van der Waals surface area contributed by atoms with Crippen LogP contribution in [0.5, 0.6) is 11.5 Å². The van der Waals surface area contributed by atoms with Crippen LogP contribution in [0.15, 0.2) is 47.4 Å². The van der Waals surface area contributed by atoms with Crippen LogP contribution < -0.4 is 14.4 Å². The molecule has 7 nitrogen and oxygen atoms in total. The average Bonchev–Trinajstić information content (AvgIpc) is 2.95. The number of hydrogen-bond donors (Lipinski definition) is 0. The molecule has 8 heteroatoms. The monoisotopic (exact) mass is 442 g/mol. The molecular formula is C23H26N2O5S. The van der Waals surface area contributed by atoms with Gasteiger partial charge in [0.1, 0.15) is 6.54 Å². The Balaban J connectivity index is 1.61. The van der Waals surface area contributed by atoms with Crippen molar-refractivity contribution in [2.75, 3.05) is 52.0 Å². The summed E-state index contributed by atoms with van der Waals surface area (Å²) in [7, 11) is 3.20. The fraction of sp³-hybridized carbons (Fsp3) is 0.391. The molecular weight excluding hydrogens is 416 g/mol. The van der Waals surface area contributed by atoms with Crippen LogP contribution in [0.25, 0.3) is 0 Å². The van der Waals surface area contributed by atoms with Gasteiger partial charge in [0.2, 0.25) is 11.8 Å². The quantitative estimate of drug-likeness (QED) is 0.709. The van der Waals surface area contributed by atoms with Crippen molar-refractivity contribution in [2.45, 2.75) is 16.6 Å². The first-order valence-corrected chi connectivity index (χ1v) is 11.1. The van der Waals surface area contributed by atoms with Gasteiger partial charge in [-0.15, -0.1) is 11.8 Å². The van der Waals surface area contributed by atoms with Crippen molar-refractivity contribution in [3.63, 3.8) is 0 Å². The normalized spacial score (nSPS) is 18.9. The Kier molecular flexibility index (Phi) is 6.67. The molecule has 0 radical (unpaired) electrons. The number of benzene rings is 2. The van der Waals surface area contributed by atoms with Gasteiger partial charge in [-0.1, -0.05) is 18.2 Å². The first-order chi connectivity index (χ1) is 15.1. The molecule has 0 bridgehead atoms. The van der Waals surface area contributed by atoms with Crippen molar-refractivity contribution < 1.29 is 23.8 Å². The zero-order valence-corrected chi connectivity index (χ0v) is 18.5. The number of para-hydroxylation sites is 1. The molecule has 2 aliphatic heterocycles. The van der Waals surface area contributed by atoms with E-state index in [1.807, 2.05) is 42.5 Å². The second-order valence-corrected chi connectivity index (χ2v) is 8.61. The predicted octanol–water partition coefficient (Wildman–Crippen LogP) is 3.13. The Bertz CT molecular complexity index is 961. The van der Waals surface area contributed by atoms with Crippen molar-refractivity contribution in [1.82, 2.24) is 4.90 Å². The van der Waals surface area contributed by atoms with E-state index in [0.29, 0.717) is 37.8 Å². The van der Waals surface area contributed by atoms with Crippen molar-refractivity contribution in [1.29, 1.82) is 0 Å². The molecule has 0 aromatic heterocycles. The highest BCUT2D eigenvalue weighted by atomic mass is 32.2. The number of morpholine rings is 1. The molecule has 2 heterocycles. The fourth-order valence-corrected chi connectivity index (χ4v) is 5.11. The lowest BCUT2D eigenvalue weighted by atomic mass is 10.1. The highest BCUT2D eigenvalue weighted by Crippen LogP contribution is 2.46. The largest absolute Gasteiger partial charge is 0.493 e. The maximum atomic E-state index is 13.3. The Hall–Kier alpha value is -2.71. The number of carbonyl (C=O) groups is 2. The Morgan fingerprint density at radius 2 is 1.84 bits per heavy atom. The summed E-state index contributed by atoms with van der Waals surface area (Å²) >= 11 is 1.63. The number of amides is 2. The Labute approximate surface area is 186 Å². The number of fused-ring (bicyclic) bond motifs is 1.